The maximum Gasteiger partial charge on any atom is 0.335 e. The Morgan fingerprint density at radius 2 is 2.00 bits per heavy atom. The van der Waals surface area contributed by atoms with E-state index in [1.807, 2.05) is 0 Å². The third-order valence-electron chi connectivity index (χ3n) is 3.58. The number of benzene rings is 1. The predicted molar refractivity (Wildman–Crippen MR) is 77.1 cm³/mol. The van der Waals surface area contributed by atoms with E-state index in [-0.39, 0.29) is 17.6 Å². The van der Waals surface area contributed by atoms with Crippen molar-refractivity contribution in [1.82, 2.24) is 5.32 Å². The molecular weight excluding hydrogens is 272 g/mol. The van der Waals surface area contributed by atoms with Gasteiger partial charge >= 0.3 is 5.97 Å². The number of amides is 1. The van der Waals surface area contributed by atoms with E-state index in [1.54, 1.807) is 24.3 Å². The summed E-state index contributed by atoms with van der Waals surface area (Å²) in [6.45, 7) is 0.943. The first-order valence-electron chi connectivity index (χ1n) is 7.05. The van der Waals surface area contributed by atoms with Gasteiger partial charge in [-0.2, -0.15) is 0 Å². The SMILES string of the molecule is NCC1CCC(C(=O)NCCc2ccc(C(=O)O)cc2)O1. The summed E-state index contributed by atoms with van der Waals surface area (Å²) in [6, 6.07) is 6.63. The molecule has 0 radical (unpaired) electrons. The Balaban J connectivity index is 1.74. The summed E-state index contributed by atoms with van der Waals surface area (Å²) in [5.74, 6) is -1.05. The molecule has 1 saturated heterocycles. The van der Waals surface area contributed by atoms with Gasteiger partial charge in [-0.1, -0.05) is 12.1 Å². The van der Waals surface area contributed by atoms with Gasteiger partial charge in [0.25, 0.3) is 0 Å². The topological polar surface area (TPSA) is 102 Å². The van der Waals surface area contributed by atoms with Crippen LogP contribution in [0.4, 0.5) is 0 Å². The molecule has 1 fully saturated rings. The van der Waals surface area contributed by atoms with E-state index in [0.717, 1.165) is 12.0 Å². The highest BCUT2D eigenvalue weighted by atomic mass is 16.5. The van der Waals surface area contributed by atoms with Crippen molar-refractivity contribution < 1.29 is 19.4 Å². The molecule has 0 bridgehead atoms. The zero-order valence-electron chi connectivity index (χ0n) is 11.7. The summed E-state index contributed by atoms with van der Waals surface area (Å²) in [7, 11) is 0. The number of ether oxygens (including phenoxy) is 1. The van der Waals surface area contributed by atoms with Crippen molar-refractivity contribution in [1.29, 1.82) is 0 Å². The fraction of sp³-hybridized carbons (Fsp3) is 0.467. The van der Waals surface area contributed by atoms with E-state index in [9.17, 15) is 9.59 Å². The number of hydrogen-bond acceptors (Lipinski definition) is 4. The van der Waals surface area contributed by atoms with Gasteiger partial charge in [0.15, 0.2) is 0 Å². The number of carbonyl (C=O) groups is 2. The predicted octanol–water partition coefficient (Wildman–Crippen LogP) is 0.550. The van der Waals surface area contributed by atoms with Gasteiger partial charge in [-0.05, 0) is 37.0 Å². The molecule has 1 aromatic carbocycles. The van der Waals surface area contributed by atoms with Crippen LogP contribution in [0.3, 0.4) is 0 Å². The highest BCUT2D eigenvalue weighted by molar-refractivity contribution is 5.87. The number of nitrogens with one attached hydrogen (secondary N) is 1. The molecule has 2 atom stereocenters. The molecule has 21 heavy (non-hydrogen) atoms. The lowest BCUT2D eigenvalue weighted by molar-refractivity contribution is -0.131. The molecule has 0 spiro atoms. The maximum atomic E-state index is 11.9. The highest BCUT2D eigenvalue weighted by Crippen LogP contribution is 2.18. The van der Waals surface area contributed by atoms with Crippen LogP contribution in [0.15, 0.2) is 24.3 Å². The monoisotopic (exact) mass is 292 g/mol. The van der Waals surface area contributed by atoms with Crippen LogP contribution in [0.2, 0.25) is 0 Å². The second kappa shape index (κ2) is 7.19. The van der Waals surface area contributed by atoms with Gasteiger partial charge in [0.05, 0.1) is 11.7 Å². The minimum Gasteiger partial charge on any atom is -0.478 e. The summed E-state index contributed by atoms with van der Waals surface area (Å²) in [5, 5.41) is 11.6. The highest BCUT2D eigenvalue weighted by Gasteiger charge is 2.29. The smallest absolute Gasteiger partial charge is 0.335 e. The first-order valence-corrected chi connectivity index (χ1v) is 7.05. The Kier molecular flexibility index (Phi) is 5.30. The number of rotatable bonds is 6. The molecule has 6 nitrogen and oxygen atoms in total. The molecule has 0 saturated carbocycles. The first-order chi connectivity index (χ1) is 10.1. The van der Waals surface area contributed by atoms with Crippen LogP contribution in [0.5, 0.6) is 0 Å². The average Bonchev–Trinajstić information content (AvgIpc) is 2.96. The lowest BCUT2D eigenvalue weighted by atomic mass is 10.1. The quantitative estimate of drug-likeness (QED) is 0.710. The van der Waals surface area contributed by atoms with Gasteiger partial charge in [0.2, 0.25) is 5.91 Å². The third-order valence-corrected chi connectivity index (χ3v) is 3.58. The molecule has 0 aliphatic carbocycles. The van der Waals surface area contributed by atoms with Crippen molar-refractivity contribution in [2.75, 3.05) is 13.1 Å². The standard InChI is InChI=1S/C15H20N2O4/c16-9-12-5-6-13(21-12)14(18)17-8-7-10-1-3-11(4-2-10)15(19)20/h1-4,12-13H,5-9,16H2,(H,17,18)(H,19,20). The number of aromatic carboxylic acids is 1. The molecule has 1 aliphatic rings. The lowest BCUT2D eigenvalue weighted by Gasteiger charge is -2.12. The number of hydrogen-bond donors (Lipinski definition) is 3. The molecule has 1 aliphatic heterocycles. The number of carbonyl (C=O) groups excluding carboxylic acids is 1. The molecule has 2 rings (SSSR count). The fourth-order valence-corrected chi connectivity index (χ4v) is 2.33. The minimum atomic E-state index is -0.942. The van der Waals surface area contributed by atoms with Crippen molar-refractivity contribution in [2.24, 2.45) is 5.73 Å². The van der Waals surface area contributed by atoms with Gasteiger partial charge in [-0.15, -0.1) is 0 Å². The summed E-state index contributed by atoms with van der Waals surface area (Å²) in [5.41, 5.74) is 6.75. The van der Waals surface area contributed by atoms with Crippen LogP contribution in [-0.4, -0.2) is 42.3 Å². The zero-order valence-corrected chi connectivity index (χ0v) is 11.7. The first kappa shape index (κ1) is 15.5. The molecule has 0 aromatic heterocycles. The van der Waals surface area contributed by atoms with Gasteiger partial charge in [-0.25, -0.2) is 4.79 Å². The molecule has 1 heterocycles. The molecule has 114 valence electrons. The Hall–Kier alpha value is -1.92. The summed E-state index contributed by atoms with van der Waals surface area (Å²) in [4.78, 5) is 22.6. The van der Waals surface area contributed by atoms with Crippen LogP contribution in [0, 0.1) is 0 Å². The largest absolute Gasteiger partial charge is 0.478 e. The van der Waals surface area contributed by atoms with Crippen LogP contribution in [-0.2, 0) is 16.0 Å². The van der Waals surface area contributed by atoms with Gasteiger partial charge in [0.1, 0.15) is 6.10 Å². The second-order valence-corrected chi connectivity index (χ2v) is 5.10. The normalized spacial score (nSPS) is 21.2. The van der Waals surface area contributed by atoms with Crippen LogP contribution < -0.4 is 11.1 Å². The minimum absolute atomic E-state index is 0.00990. The summed E-state index contributed by atoms with van der Waals surface area (Å²) < 4.78 is 5.51. The lowest BCUT2D eigenvalue weighted by Crippen LogP contribution is -2.36. The average molecular weight is 292 g/mol. The van der Waals surface area contributed by atoms with Crippen molar-refractivity contribution >= 4 is 11.9 Å². The molecule has 2 unspecified atom stereocenters. The molecule has 1 amide bonds. The Morgan fingerprint density at radius 1 is 1.29 bits per heavy atom. The summed E-state index contributed by atoms with van der Waals surface area (Å²) in [6.07, 6.45) is 1.78. The molecule has 1 aromatic rings. The van der Waals surface area contributed by atoms with Gasteiger partial charge < -0.3 is 20.9 Å². The van der Waals surface area contributed by atoms with E-state index in [2.05, 4.69) is 5.32 Å². The van der Waals surface area contributed by atoms with Crippen LogP contribution >= 0.6 is 0 Å². The maximum absolute atomic E-state index is 11.9. The van der Waals surface area contributed by atoms with E-state index in [0.29, 0.717) is 25.9 Å². The zero-order chi connectivity index (χ0) is 15.2. The van der Waals surface area contributed by atoms with Crippen molar-refractivity contribution in [3.8, 4) is 0 Å². The molecule has 6 heteroatoms. The Labute approximate surface area is 123 Å². The molecule has 4 N–H and O–H groups in total. The van der Waals surface area contributed by atoms with Gasteiger partial charge in [0, 0.05) is 13.1 Å². The number of carboxylic acids is 1. The number of carboxylic acid groups (broad SMARTS) is 1. The van der Waals surface area contributed by atoms with E-state index in [4.69, 9.17) is 15.6 Å². The van der Waals surface area contributed by atoms with Crippen molar-refractivity contribution in [3.05, 3.63) is 35.4 Å². The third kappa shape index (κ3) is 4.27. The number of nitrogens with two attached hydrogens (primary N) is 1. The van der Waals surface area contributed by atoms with Crippen LogP contribution in [0.1, 0.15) is 28.8 Å². The Bertz CT molecular complexity index is 501. The Morgan fingerprint density at radius 3 is 2.57 bits per heavy atom. The van der Waals surface area contributed by atoms with Crippen LogP contribution in [0.25, 0.3) is 0 Å². The van der Waals surface area contributed by atoms with Crippen molar-refractivity contribution in [2.45, 2.75) is 31.5 Å². The summed E-state index contributed by atoms with van der Waals surface area (Å²) >= 11 is 0. The van der Waals surface area contributed by atoms with E-state index < -0.39 is 12.1 Å². The van der Waals surface area contributed by atoms with Gasteiger partial charge in [-0.3, -0.25) is 4.79 Å². The van der Waals surface area contributed by atoms with E-state index in [1.165, 1.54) is 0 Å². The second-order valence-electron chi connectivity index (χ2n) is 5.10. The fourth-order valence-electron chi connectivity index (χ4n) is 2.33. The van der Waals surface area contributed by atoms with E-state index >= 15 is 0 Å². The molecular formula is C15H20N2O4. The van der Waals surface area contributed by atoms with Crippen molar-refractivity contribution in [3.63, 3.8) is 0 Å².